The average molecular weight is 330 g/mol. The minimum Gasteiger partial charge on any atom is -0.478 e. The van der Waals surface area contributed by atoms with E-state index in [2.05, 4.69) is 0 Å². The Labute approximate surface area is 102 Å². The molecule has 0 saturated heterocycles. The standard InChI is InChI=1S/C7H6O2.CH3.HI.Zn/c8-7(9)6-4-2-1-3-5-6;;;/h1-5H,(H,8,9);1H3;1H;/q;-1;;. The van der Waals surface area contributed by atoms with Crippen LogP contribution in [-0.2, 0) is 19.5 Å². The first-order valence-corrected chi connectivity index (χ1v) is 2.59. The van der Waals surface area contributed by atoms with Crippen LogP contribution in [-0.4, -0.2) is 11.1 Å². The van der Waals surface area contributed by atoms with Crippen molar-refractivity contribution >= 4 is 29.9 Å². The van der Waals surface area contributed by atoms with Gasteiger partial charge < -0.3 is 12.5 Å². The summed E-state index contributed by atoms with van der Waals surface area (Å²) in [5.41, 5.74) is 0.331. The number of halogens is 1. The number of carboxylic acids is 1. The third-order valence-corrected chi connectivity index (χ3v) is 1.02. The fourth-order valence-electron chi connectivity index (χ4n) is 0.581. The van der Waals surface area contributed by atoms with Crippen molar-refractivity contribution < 1.29 is 29.4 Å². The zero-order valence-electron chi connectivity index (χ0n) is 6.86. The summed E-state index contributed by atoms with van der Waals surface area (Å²) in [6.45, 7) is 0. The minimum absolute atomic E-state index is 0. The van der Waals surface area contributed by atoms with Crippen molar-refractivity contribution in [2.75, 3.05) is 0 Å². The largest absolute Gasteiger partial charge is 0.478 e. The van der Waals surface area contributed by atoms with Gasteiger partial charge in [-0.2, -0.15) is 0 Å². The Kier molecular flexibility index (Phi) is 13.7. The van der Waals surface area contributed by atoms with Crippen LogP contribution in [0, 0.1) is 7.43 Å². The maximum atomic E-state index is 10.2. The topological polar surface area (TPSA) is 37.3 Å². The molecule has 12 heavy (non-hydrogen) atoms. The van der Waals surface area contributed by atoms with Crippen LogP contribution in [0.1, 0.15) is 10.4 Å². The monoisotopic (exact) mass is 329 g/mol. The second-order valence-corrected chi connectivity index (χ2v) is 1.67. The van der Waals surface area contributed by atoms with Gasteiger partial charge in [0.2, 0.25) is 0 Å². The Morgan fingerprint density at radius 1 is 1.17 bits per heavy atom. The fourth-order valence-corrected chi connectivity index (χ4v) is 0.581. The van der Waals surface area contributed by atoms with Crippen LogP contribution < -0.4 is 0 Å². The van der Waals surface area contributed by atoms with Gasteiger partial charge >= 0.3 is 5.97 Å². The van der Waals surface area contributed by atoms with Crippen LogP contribution in [0.15, 0.2) is 30.3 Å². The van der Waals surface area contributed by atoms with Crippen LogP contribution in [0.25, 0.3) is 0 Å². The summed E-state index contributed by atoms with van der Waals surface area (Å²) >= 11 is 0. The van der Waals surface area contributed by atoms with Gasteiger partial charge in [-0.05, 0) is 12.1 Å². The van der Waals surface area contributed by atoms with Crippen molar-refractivity contribution in [2.24, 2.45) is 0 Å². The average Bonchev–Trinajstić information content (AvgIpc) is 1.90. The first-order chi connectivity index (χ1) is 4.30. The van der Waals surface area contributed by atoms with Crippen molar-refractivity contribution in [3.63, 3.8) is 0 Å². The molecule has 0 bridgehead atoms. The molecule has 0 fully saturated rings. The molecular weight excluding hydrogens is 320 g/mol. The van der Waals surface area contributed by atoms with Gasteiger partial charge in [0.15, 0.2) is 0 Å². The Hall–Kier alpha value is 0.0434. The zero-order valence-corrected chi connectivity index (χ0v) is 12.2. The fraction of sp³-hybridized carbons (Fsp3) is 0. The predicted octanol–water partition coefficient (Wildman–Crippen LogP) is 2.45. The quantitative estimate of drug-likeness (QED) is 0.488. The molecular formula is C8H10IO2Zn-. The summed E-state index contributed by atoms with van der Waals surface area (Å²) in [4.78, 5) is 10.2. The molecule has 1 aromatic carbocycles. The smallest absolute Gasteiger partial charge is 0.335 e. The molecule has 0 aliphatic heterocycles. The second kappa shape index (κ2) is 9.13. The number of carbonyl (C=O) groups is 1. The third kappa shape index (κ3) is 5.66. The Morgan fingerprint density at radius 3 is 1.83 bits per heavy atom. The molecule has 0 amide bonds. The number of hydrogen-bond donors (Lipinski definition) is 1. The van der Waals surface area contributed by atoms with Gasteiger partial charge in [0.1, 0.15) is 0 Å². The van der Waals surface area contributed by atoms with Crippen LogP contribution in [0.3, 0.4) is 0 Å². The molecule has 4 heteroatoms. The first kappa shape index (κ1) is 18.0. The normalized spacial score (nSPS) is 6.67. The van der Waals surface area contributed by atoms with Crippen LogP contribution in [0.2, 0.25) is 0 Å². The van der Waals surface area contributed by atoms with E-state index in [9.17, 15) is 4.79 Å². The third-order valence-electron chi connectivity index (χ3n) is 1.02. The molecule has 0 aliphatic rings. The molecule has 0 unspecified atom stereocenters. The summed E-state index contributed by atoms with van der Waals surface area (Å²) in [5, 5.41) is 8.38. The van der Waals surface area contributed by atoms with E-state index in [1.165, 1.54) is 0 Å². The van der Waals surface area contributed by atoms with Gasteiger partial charge in [-0.25, -0.2) is 4.79 Å². The molecule has 1 rings (SSSR count). The van der Waals surface area contributed by atoms with Crippen molar-refractivity contribution in [1.29, 1.82) is 0 Å². The molecule has 0 saturated carbocycles. The summed E-state index contributed by atoms with van der Waals surface area (Å²) in [6.07, 6.45) is 0. The van der Waals surface area contributed by atoms with E-state index in [0.717, 1.165) is 0 Å². The van der Waals surface area contributed by atoms with E-state index in [0.29, 0.717) is 5.56 Å². The predicted molar refractivity (Wildman–Crippen MR) is 55.2 cm³/mol. The van der Waals surface area contributed by atoms with Gasteiger partial charge in [-0.15, -0.1) is 24.0 Å². The number of rotatable bonds is 1. The maximum Gasteiger partial charge on any atom is 0.335 e. The van der Waals surface area contributed by atoms with Crippen LogP contribution in [0.4, 0.5) is 0 Å². The van der Waals surface area contributed by atoms with Gasteiger partial charge in [-0.3, -0.25) is 0 Å². The van der Waals surface area contributed by atoms with Crippen LogP contribution >= 0.6 is 24.0 Å². The molecule has 0 spiro atoms. The van der Waals surface area contributed by atoms with Crippen molar-refractivity contribution in [2.45, 2.75) is 0 Å². The summed E-state index contributed by atoms with van der Waals surface area (Å²) < 4.78 is 0. The second-order valence-electron chi connectivity index (χ2n) is 1.67. The molecule has 0 atom stereocenters. The van der Waals surface area contributed by atoms with Crippen LogP contribution in [0.5, 0.6) is 0 Å². The number of benzene rings is 1. The van der Waals surface area contributed by atoms with Crippen molar-refractivity contribution in [3.05, 3.63) is 43.3 Å². The molecule has 1 N–H and O–H groups in total. The number of aromatic carboxylic acids is 1. The SMILES string of the molecule is I.O=C(O)c1ccccc1.[CH3-].[Zn]. The van der Waals surface area contributed by atoms with Crippen molar-refractivity contribution in [3.8, 4) is 0 Å². The minimum atomic E-state index is -0.879. The van der Waals surface area contributed by atoms with E-state index < -0.39 is 5.97 Å². The number of carboxylic acid groups (broad SMARTS) is 1. The maximum absolute atomic E-state index is 10.2. The molecule has 0 heterocycles. The Balaban J connectivity index is -0.000000270. The molecule has 0 radical (unpaired) electrons. The molecule has 1 aromatic rings. The first-order valence-electron chi connectivity index (χ1n) is 2.59. The van der Waals surface area contributed by atoms with Gasteiger partial charge in [0.05, 0.1) is 5.56 Å². The van der Waals surface area contributed by atoms with E-state index >= 15 is 0 Å². The number of hydrogen-bond acceptors (Lipinski definition) is 1. The molecule has 0 aliphatic carbocycles. The van der Waals surface area contributed by atoms with E-state index in [4.69, 9.17) is 5.11 Å². The Bertz CT molecular complexity index is 214. The summed E-state index contributed by atoms with van der Waals surface area (Å²) in [5.74, 6) is -0.879. The van der Waals surface area contributed by atoms with E-state index in [1.807, 2.05) is 0 Å². The van der Waals surface area contributed by atoms with E-state index in [-0.39, 0.29) is 50.9 Å². The molecule has 64 valence electrons. The van der Waals surface area contributed by atoms with Gasteiger partial charge in [0, 0.05) is 19.5 Å². The zero-order chi connectivity index (χ0) is 6.69. The van der Waals surface area contributed by atoms with Gasteiger partial charge in [0.25, 0.3) is 0 Å². The summed E-state index contributed by atoms with van der Waals surface area (Å²) in [7, 11) is 0. The van der Waals surface area contributed by atoms with Gasteiger partial charge in [-0.1, -0.05) is 18.2 Å². The Morgan fingerprint density at radius 2 is 1.58 bits per heavy atom. The van der Waals surface area contributed by atoms with Crippen molar-refractivity contribution in [1.82, 2.24) is 0 Å². The molecule has 0 aromatic heterocycles. The summed E-state index contributed by atoms with van der Waals surface area (Å²) in [6, 6.07) is 8.30. The molecule has 2 nitrogen and oxygen atoms in total. The van der Waals surface area contributed by atoms with E-state index in [1.54, 1.807) is 30.3 Å².